The molecule has 0 aliphatic heterocycles. The largest absolute Gasteiger partial charge is 0.504 e. The van der Waals surface area contributed by atoms with Gasteiger partial charge in [-0.3, -0.25) is 4.79 Å². The Kier molecular flexibility index (Phi) is 6.05. The number of phenols is 1. The highest BCUT2D eigenvalue weighted by Crippen LogP contribution is 2.26. The van der Waals surface area contributed by atoms with E-state index in [1.165, 1.54) is 26.0 Å². The highest BCUT2D eigenvalue weighted by molar-refractivity contribution is 5.94. The lowest BCUT2D eigenvalue weighted by Gasteiger charge is -2.07. The number of amides is 1. The van der Waals surface area contributed by atoms with E-state index in [9.17, 15) is 9.90 Å². The van der Waals surface area contributed by atoms with E-state index >= 15 is 0 Å². The third kappa shape index (κ3) is 4.28. The summed E-state index contributed by atoms with van der Waals surface area (Å²) in [6, 6.07) is 4.64. The van der Waals surface area contributed by atoms with Gasteiger partial charge in [-0.05, 0) is 24.6 Å². The van der Waals surface area contributed by atoms with E-state index < -0.39 is 0 Å². The minimum absolute atomic E-state index is 0.0175. The molecule has 0 saturated heterocycles. The molecule has 4 heteroatoms. The minimum atomic E-state index is -0.163. The molecule has 0 aromatic heterocycles. The van der Waals surface area contributed by atoms with Gasteiger partial charge in [0.2, 0.25) is 0 Å². The molecule has 0 radical (unpaired) electrons. The summed E-state index contributed by atoms with van der Waals surface area (Å²) in [7, 11) is 1.47. The summed E-state index contributed by atoms with van der Waals surface area (Å²) >= 11 is 0. The molecule has 1 aromatic carbocycles. The Hall–Kier alpha value is -1.71. The Morgan fingerprint density at radius 3 is 2.72 bits per heavy atom. The number of carbonyl (C=O) groups is 1. The van der Waals surface area contributed by atoms with Crippen LogP contribution in [0, 0.1) is 0 Å². The van der Waals surface area contributed by atoms with E-state index in [1.54, 1.807) is 12.1 Å². The zero-order chi connectivity index (χ0) is 13.4. The monoisotopic (exact) mass is 251 g/mol. The van der Waals surface area contributed by atoms with Crippen molar-refractivity contribution in [1.82, 2.24) is 5.32 Å². The summed E-state index contributed by atoms with van der Waals surface area (Å²) < 4.78 is 4.92. The maximum Gasteiger partial charge on any atom is 0.251 e. The van der Waals surface area contributed by atoms with Crippen LogP contribution in [0.15, 0.2) is 18.2 Å². The lowest BCUT2D eigenvalue weighted by Crippen LogP contribution is -2.24. The van der Waals surface area contributed by atoms with Crippen LogP contribution in [0.2, 0.25) is 0 Å². The number of rotatable bonds is 7. The molecule has 0 heterocycles. The maximum atomic E-state index is 11.8. The predicted molar refractivity (Wildman–Crippen MR) is 71.1 cm³/mol. The molecule has 0 unspecified atom stereocenters. The van der Waals surface area contributed by atoms with Crippen molar-refractivity contribution in [2.45, 2.75) is 32.6 Å². The predicted octanol–water partition coefficient (Wildman–Crippen LogP) is 2.71. The van der Waals surface area contributed by atoms with Crippen molar-refractivity contribution >= 4 is 5.91 Å². The average molecular weight is 251 g/mol. The topological polar surface area (TPSA) is 58.6 Å². The molecule has 1 amide bonds. The van der Waals surface area contributed by atoms with Crippen molar-refractivity contribution in [3.8, 4) is 11.5 Å². The first-order chi connectivity index (χ1) is 8.69. The summed E-state index contributed by atoms with van der Waals surface area (Å²) in [5.41, 5.74) is 0.448. The Morgan fingerprint density at radius 1 is 1.33 bits per heavy atom. The number of nitrogens with one attached hydrogen (secondary N) is 1. The first-order valence-corrected chi connectivity index (χ1v) is 6.34. The first kappa shape index (κ1) is 14.4. The highest BCUT2D eigenvalue weighted by atomic mass is 16.5. The number of unbranched alkanes of at least 4 members (excludes halogenated alkanes) is 3. The van der Waals surface area contributed by atoms with E-state index in [0.29, 0.717) is 17.9 Å². The average Bonchev–Trinajstić information content (AvgIpc) is 2.38. The fourth-order valence-electron chi connectivity index (χ4n) is 1.69. The minimum Gasteiger partial charge on any atom is -0.504 e. The van der Waals surface area contributed by atoms with Gasteiger partial charge in [-0.15, -0.1) is 0 Å². The van der Waals surface area contributed by atoms with Crippen LogP contribution in [0.25, 0.3) is 0 Å². The molecule has 0 bridgehead atoms. The molecule has 18 heavy (non-hydrogen) atoms. The molecule has 0 spiro atoms. The number of hydrogen-bond donors (Lipinski definition) is 2. The standard InChI is InChI=1S/C14H21NO3/c1-3-4-5-6-9-15-14(17)11-7-8-13(18-2)12(16)10-11/h7-8,10,16H,3-6,9H2,1-2H3,(H,15,17). The number of carbonyl (C=O) groups excluding carboxylic acids is 1. The Morgan fingerprint density at radius 2 is 2.11 bits per heavy atom. The number of phenolic OH excluding ortho intramolecular Hbond substituents is 1. The van der Waals surface area contributed by atoms with Crippen molar-refractivity contribution in [2.75, 3.05) is 13.7 Å². The quantitative estimate of drug-likeness (QED) is 0.732. The highest BCUT2D eigenvalue weighted by Gasteiger charge is 2.08. The first-order valence-electron chi connectivity index (χ1n) is 6.34. The zero-order valence-corrected chi connectivity index (χ0v) is 11.0. The third-order valence-electron chi connectivity index (χ3n) is 2.76. The Bertz CT molecular complexity index is 391. The van der Waals surface area contributed by atoms with Gasteiger partial charge in [0.1, 0.15) is 0 Å². The van der Waals surface area contributed by atoms with Crippen LogP contribution in [0.1, 0.15) is 43.0 Å². The van der Waals surface area contributed by atoms with Crippen molar-refractivity contribution < 1.29 is 14.6 Å². The zero-order valence-electron chi connectivity index (χ0n) is 11.0. The van der Waals surface area contributed by atoms with Gasteiger partial charge >= 0.3 is 0 Å². The molecule has 0 aliphatic carbocycles. The van der Waals surface area contributed by atoms with Gasteiger partial charge < -0.3 is 15.2 Å². The number of benzene rings is 1. The van der Waals surface area contributed by atoms with Crippen molar-refractivity contribution in [1.29, 1.82) is 0 Å². The fourth-order valence-corrected chi connectivity index (χ4v) is 1.69. The fraction of sp³-hybridized carbons (Fsp3) is 0.500. The van der Waals surface area contributed by atoms with Gasteiger partial charge in [0.15, 0.2) is 11.5 Å². The number of hydrogen-bond acceptors (Lipinski definition) is 3. The molecule has 2 N–H and O–H groups in total. The van der Waals surface area contributed by atoms with E-state index in [1.807, 2.05) is 0 Å². The van der Waals surface area contributed by atoms with Crippen molar-refractivity contribution in [2.24, 2.45) is 0 Å². The maximum absolute atomic E-state index is 11.8. The Labute approximate surface area is 108 Å². The molecule has 0 aliphatic rings. The number of aromatic hydroxyl groups is 1. The van der Waals surface area contributed by atoms with Crippen LogP contribution in [0.4, 0.5) is 0 Å². The smallest absolute Gasteiger partial charge is 0.251 e. The summed E-state index contributed by atoms with van der Waals surface area (Å²) in [4.78, 5) is 11.8. The van der Waals surface area contributed by atoms with Crippen molar-refractivity contribution in [3.05, 3.63) is 23.8 Å². The number of methoxy groups -OCH3 is 1. The van der Waals surface area contributed by atoms with E-state index in [2.05, 4.69) is 12.2 Å². The molecular formula is C14H21NO3. The second kappa shape index (κ2) is 7.58. The van der Waals surface area contributed by atoms with Crippen LogP contribution in [-0.4, -0.2) is 24.7 Å². The number of ether oxygens (including phenoxy) is 1. The van der Waals surface area contributed by atoms with Crippen LogP contribution in [0.5, 0.6) is 11.5 Å². The van der Waals surface area contributed by atoms with Gasteiger partial charge in [-0.1, -0.05) is 26.2 Å². The van der Waals surface area contributed by atoms with E-state index in [0.717, 1.165) is 12.8 Å². The molecule has 100 valence electrons. The van der Waals surface area contributed by atoms with Crippen LogP contribution in [0.3, 0.4) is 0 Å². The van der Waals surface area contributed by atoms with Crippen LogP contribution in [-0.2, 0) is 0 Å². The van der Waals surface area contributed by atoms with E-state index in [4.69, 9.17) is 4.74 Å². The van der Waals surface area contributed by atoms with Crippen LogP contribution >= 0.6 is 0 Å². The Balaban J connectivity index is 2.44. The summed E-state index contributed by atoms with van der Waals surface area (Å²) in [6.07, 6.45) is 4.49. The summed E-state index contributed by atoms with van der Waals surface area (Å²) in [5, 5.41) is 12.4. The van der Waals surface area contributed by atoms with Gasteiger partial charge in [0.05, 0.1) is 7.11 Å². The molecule has 0 fully saturated rings. The van der Waals surface area contributed by atoms with Gasteiger partial charge in [-0.2, -0.15) is 0 Å². The molecule has 0 atom stereocenters. The normalized spacial score (nSPS) is 10.1. The van der Waals surface area contributed by atoms with Crippen LogP contribution < -0.4 is 10.1 Å². The van der Waals surface area contributed by atoms with Crippen molar-refractivity contribution in [3.63, 3.8) is 0 Å². The van der Waals surface area contributed by atoms with Gasteiger partial charge in [0.25, 0.3) is 5.91 Å². The molecular weight excluding hydrogens is 230 g/mol. The second-order valence-corrected chi connectivity index (χ2v) is 4.20. The van der Waals surface area contributed by atoms with Gasteiger partial charge in [-0.25, -0.2) is 0 Å². The molecule has 1 rings (SSSR count). The SMILES string of the molecule is CCCCCCNC(=O)c1ccc(OC)c(O)c1. The van der Waals surface area contributed by atoms with Gasteiger partial charge in [0, 0.05) is 12.1 Å². The molecule has 0 saturated carbocycles. The second-order valence-electron chi connectivity index (χ2n) is 4.20. The molecule has 4 nitrogen and oxygen atoms in total. The summed E-state index contributed by atoms with van der Waals surface area (Å²) in [5.74, 6) is 0.190. The summed E-state index contributed by atoms with van der Waals surface area (Å²) in [6.45, 7) is 2.82. The lowest BCUT2D eigenvalue weighted by atomic mass is 10.1. The van der Waals surface area contributed by atoms with E-state index in [-0.39, 0.29) is 11.7 Å². The molecule has 1 aromatic rings. The third-order valence-corrected chi connectivity index (χ3v) is 2.76. The lowest BCUT2D eigenvalue weighted by molar-refractivity contribution is 0.0952.